The van der Waals surface area contributed by atoms with E-state index in [-0.39, 0.29) is 5.75 Å². The molecule has 2 aromatic heterocycles. The Bertz CT molecular complexity index is 1000. The van der Waals surface area contributed by atoms with Crippen LogP contribution in [0.5, 0.6) is 5.75 Å². The van der Waals surface area contributed by atoms with Gasteiger partial charge in [-0.25, -0.2) is 4.68 Å². The van der Waals surface area contributed by atoms with Gasteiger partial charge in [0.25, 0.3) is 0 Å². The number of aryl methyl sites for hydroxylation is 1. The van der Waals surface area contributed by atoms with E-state index in [0.717, 1.165) is 29.0 Å². The van der Waals surface area contributed by atoms with Crippen molar-refractivity contribution in [2.45, 2.75) is 45.1 Å². The number of aromatic nitrogens is 5. The zero-order chi connectivity index (χ0) is 20.0. The summed E-state index contributed by atoms with van der Waals surface area (Å²) in [5, 5.41) is 27.4. The normalized spacial score (nSPS) is 23.3. The van der Waals surface area contributed by atoms with E-state index >= 15 is 0 Å². The molecule has 0 spiro atoms. The number of benzene rings is 1. The van der Waals surface area contributed by atoms with Gasteiger partial charge in [-0.1, -0.05) is 18.1 Å². The molecular weight excluding hydrogens is 364 g/mol. The average Bonchev–Trinajstić information content (AvgIpc) is 3.32. The van der Waals surface area contributed by atoms with Gasteiger partial charge < -0.3 is 10.0 Å². The van der Waals surface area contributed by atoms with Crippen LogP contribution in [0.1, 0.15) is 37.8 Å². The highest BCUT2D eigenvalue weighted by molar-refractivity contribution is 5.69. The Morgan fingerprint density at radius 3 is 2.41 bits per heavy atom. The summed E-state index contributed by atoms with van der Waals surface area (Å²) in [6.07, 6.45) is 8.54. The third-order valence-electron chi connectivity index (χ3n) is 6.55. The minimum atomic E-state index is 0.148. The molecule has 0 radical (unpaired) electrons. The number of phenolic OH excluding ortho intramolecular Hbond substituents is 1. The van der Waals surface area contributed by atoms with Crippen molar-refractivity contribution in [3.63, 3.8) is 0 Å². The van der Waals surface area contributed by atoms with Crippen molar-refractivity contribution in [3.05, 3.63) is 42.2 Å². The molecule has 2 fully saturated rings. The smallest absolute Gasteiger partial charge is 0.151 e. The SMILES string of the molecule is Cc1cn(-c2ccc(-c3ccc(N(C)[C@H]4CC5CC[C@@H](C5)C4)nn3)c(O)c2)nn1. The number of anilines is 1. The van der Waals surface area contributed by atoms with Gasteiger partial charge in [-0.05, 0) is 62.3 Å². The van der Waals surface area contributed by atoms with Crippen molar-refractivity contribution >= 4 is 5.82 Å². The van der Waals surface area contributed by atoms with E-state index in [2.05, 4.69) is 32.5 Å². The lowest BCUT2D eigenvalue weighted by Crippen LogP contribution is -2.37. The van der Waals surface area contributed by atoms with Crippen LogP contribution in [0, 0.1) is 18.8 Å². The van der Waals surface area contributed by atoms with Crippen molar-refractivity contribution in [1.82, 2.24) is 25.2 Å². The molecule has 2 aliphatic rings. The fourth-order valence-corrected chi connectivity index (χ4v) is 4.99. The zero-order valence-electron chi connectivity index (χ0n) is 16.9. The number of aromatic hydroxyl groups is 1. The van der Waals surface area contributed by atoms with Gasteiger partial charge in [0.2, 0.25) is 0 Å². The van der Waals surface area contributed by atoms with Crippen LogP contribution in [0.25, 0.3) is 16.9 Å². The molecular formula is C22H26N6O. The summed E-state index contributed by atoms with van der Waals surface area (Å²) in [5.74, 6) is 2.82. The molecule has 7 nitrogen and oxygen atoms in total. The predicted octanol–water partition coefficient (Wildman–Crippen LogP) is 3.75. The fraction of sp³-hybridized carbons (Fsp3) is 0.455. The first-order valence-corrected chi connectivity index (χ1v) is 10.4. The molecule has 1 N–H and O–H groups in total. The first-order valence-electron chi connectivity index (χ1n) is 10.4. The molecule has 5 rings (SSSR count). The maximum absolute atomic E-state index is 10.5. The van der Waals surface area contributed by atoms with Crippen LogP contribution in [0.2, 0.25) is 0 Å². The van der Waals surface area contributed by atoms with Gasteiger partial charge in [0, 0.05) is 24.7 Å². The van der Waals surface area contributed by atoms with Crippen LogP contribution in [-0.4, -0.2) is 43.4 Å². The second kappa shape index (κ2) is 7.13. The van der Waals surface area contributed by atoms with E-state index in [9.17, 15) is 5.11 Å². The molecule has 3 aromatic rings. The third-order valence-corrected chi connectivity index (χ3v) is 6.55. The number of hydrogen-bond donors (Lipinski definition) is 1. The molecule has 7 heteroatoms. The molecule has 2 saturated carbocycles. The van der Waals surface area contributed by atoms with Crippen molar-refractivity contribution < 1.29 is 5.11 Å². The van der Waals surface area contributed by atoms with Crippen molar-refractivity contribution in [3.8, 4) is 22.7 Å². The average molecular weight is 390 g/mol. The van der Waals surface area contributed by atoms with Crippen LogP contribution in [0.4, 0.5) is 5.82 Å². The molecule has 3 atom stereocenters. The fourth-order valence-electron chi connectivity index (χ4n) is 4.99. The molecule has 2 aliphatic carbocycles. The van der Waals surface area contributed by atoms with Crippen LogP contribution in [-0.2, 0) is 0 Å². The molecule has 0 saturated heterocycles. The Kier molecular flexibility index (Phi) is 4.45. The van der Waals surface area contributed by atoms with E-state index < -0.39 is 0 Å². The van der Waals surface area contributed by atoms with Crippen LogP contribution >= 0.6 is 0 Å². The number of fused-ring (bicyclic) bond motifs is 2. The highest BCUT2D eigenvalue weighted by Gasteiger charge is 2.36. The highest BCUT2D eigenvalue weighted by atomic mass is 16.3. The van der Waals surface area contributed by atoms with Crippen molar-refractivity contribution in [2.24, 2.45) is 11.8 Å². The predicted molar refractivity (Wildman–Crippen MR) is 111 cm³/mol. The summed E-state index contributed by atoms with van der Waals surface area (Å²) in [6.45, 7) is 1.88. The lowest BCUT2D eigenvalue weighted by molar-refractivity contribution is 0.312. The maximum Gasteiger partial charge on any atom is 0.151 e. The summed E-state index contributed by atoms with van der Waals surface area (Å²) in [7, 11) is 2.13. The molecule has 29 heavy (non-hydrogen) atoms. The monoisotopic (exact) mass is 390 g/mol. The summed E-state index contributed by atoms with van der Waals surface area (Å²) in [4.78, 5) is 2.29. The van der Waals surface area contributed by atoms with E-state index in [4.69, 9.17) is 0 Å². The number of nitrogens with zero attached hydrogens (tertiary/aromatic N) is 6. The largest absolute Gasteiger partial charge is 0.507 e. The van der Waals surface area contributed by atoms with Gasteiger partial charge in [0.1, 0.15) is 5.75 Å². The third kappa shape index (κ3) is 3.45. The standard InChI is InChI=1S/C22H26N6O/c1-14-13-28(26-23-14)17-5-6-19(21(29)12-17)20-7-8-22(25-24-20)27(2)18-10-15-3-4-16(9-15)11-18/h5-8,12-13,15-16,18,29H,3-4,9-11H2,1-2H3/t15-,16?,18+/m0/s1. The summed E-state index contributed by atoms with van der Waals surface area (Å²) >= 11 is 0. The molecule has 2 heterocycles. The summed E-state index contributed by atoms with van der Waals surface area (Å²) in [6, 6.07) is 9.90. The Balaban J connectivity index is 1.34. The summed E-state index contributed by atoms with van der Waals surface area (Å²) in [5.41, 5.74) is 2.89. The van der Waals surface area contributed by atoms with Crippen LogP contribution in [0.15, 0.2) is 36.5 Å². The Hall–Kier alpha value is -2.96. The van der Waals surface area contributed by atoms with E-state index in [1.54, 1.807) is 10.7 Å². The van der Waals surface area contributed by atoms with E-state index in [0.29, 0.717) is 17.3 Å². The van der Waals surface area contributed by atoms with Gasteiger partial charge in [-0.15, -0.1) is 15.3 Å². The number of phenols is 1. The molecule has 2 bridgehead atoms. The maximum atomic E-state index is 10.5. The minimum absolute atomic E-state index is 0.148. The van der Waals surface area contributed by atoms with Crippen molar-refractivity contribution in [1.29, 1.82) is 0 Å². The van der Waals surface area contributed by atoms with Gasteiger partial charge in [-0.3, -0.25) is 0 Å². The molecule has 1 unspecified atom stereocenters. The van der Waals surface area contributed by atoms with Gasteiger partial charge in [0.15, 0.2) is 5.82 Å². The summed E-state index contributed by atoms with van der Waals surface area (Å²) < 4.78 is 1.64. The topological polar surface area (TPSA) is 80.0 Å². The van der Waals surface area contributed by atoms with E-state index in [1.165, 1.54) is 32.1 Å². The highest BCUT2D eigenvalue weighted by Crippen LogP contribution is 2.43. The number of rotatable bonds is 4. The van der Waals surface area contributed by atoms with Crippen molar-refractivity contribution in [2.75, 3.05) is 11.9 Å². The quantitative estimate of drug-likeness (QED) is 0.731. The van der Waals surface area contributed by atoms with Gasteiger partial charge in [0.05, 0.1) is 23.3 Å². The Morgan fingerprint density at radius 2 is 1.79 bits per heavy atom. The first kappa shape index (κ1) is 18.1. The number of hydrogen-bond acceptors (Lipinski definition) is 6. The second-order valence-corrected chi connectivity index (χ2v) is 8.56. The lowest BCUT2D eigenvalue weighted by Gasteiger charge is -2.35. The molecule has 0 aliphatic heterocycles. The Morgan fingerprint density at radius 1 is 1.00 bits per heavy atom. The Labute approximate surface area is 170 Å². The van der Waals surface area contributed by atoms with Crippen LogP contribution < -0.4 is 4.90 Å². The van der Waals surface area contributed by atoms with Gasteiger partial charge in [-0.2, -0.15) is 0 Å². The lowest BCUT2D eigenvalue weighted by atomic mass is 9.85. The molecule has 1 aromatic carbocycles. The first-order chi connectivity index (χ1) is 14.1. The van der Waals surface area contributed by atoms with E-state index in [1.807, 2.05) is 37.4 Å². The second-order valence-electron chi connectivity index (χ2n) is 8.56. The van der Waals surface area contributed by atoms with Gasteiger partial charge >= 0.3 is 0 Å². The van der Waals surface area contributed by atoms with Crippen LogP contribution in [0.3, 0.4) is 0 Å². The zero-order valence-corrected chi connectivity index (χ0v) is 16.9. The molecule has 0 amide bonds. The molecule has 150 valence electrons. The minimum Gasteiger partial charge on any atom is -0.507 e.